The number of pyridine rings is 1. The molecule has 0 spiro atoms. The van der Waals surface area contributed by atoms with Gasteiger partial charge in [-0.2, -0.15) is 0 Å². The maximum absolute atomic E-state index is 13.3. The summed E-state index contributed by atoms with van der Waals surface area (Å²) in [6.45, 7) is 4.78. The lowest BCUT2D eigenvalue weighted by Crippen LogP contribution is -2.50. The summed E-state index contributed by atoms with van der Waals surface area (Å²) in [7, 11) is 1.70. The van der Waals surface area contributed by atoms with Crippen molar-refractivity contribution in [3.05, 3.63) is 17.3 Å². The number of nitrogens with one attached hydrogen (secondary N) is 2. The van der Waals surface area contributed by atoms with Crippen LogP contribution in [0.2, 0.25) is 0 Å². The number of carbonyl (C=O) groups excluding carboxylic acids is 2. The molecule has 144 valence electrons. The highest BCUT2D eigenvalue weighted by Crippen LogP contribution is 2.24. The molecule has 8 nitrogen and oxygen atoms in total. The van der Waals surface area contributed by atoms with Crippen LogP contribution in [0.3, 0.4) is 0 Å². The molecule has 4 N–H and O–H groups in total. The number of fused-ring (bicyclic) bond motifs is 1. The van der Waals surface area contributed by atoms with Crippen LogP contribution in [0.1, 0.15) is 36.8 Å². The van der Waals surface area contributed by atoms with E-state index < -0.39 is 24.4 Å². The third kappa shape index (κ3) is 4.74. The molecule has 0 aromatic carbocycles. The zero-order valence-electron chi connectivity index (χ0n) is 15.6. The lowest BCUT2D eigenvalue weighted by Gasteiger charge is -2.31. The first-order chi connectivity index (χ1) is 12.1. The van der Waals surface area contributed by atoms with E-state index in [9.17, 15) is 14.0 Å². The molecule has 0 bridgehead atoms. The van der Waals surface area contributed by atoms with Crippen LogP contribution < -0.4 is 16.4 Å². The van der Waals surface area contributed by atoms with Crippen molar-refractivity contribution in [3.63, 3.8) is 0 Å². The second kappa shape index (κ2) is 7.76. The molecule has 0 radical (unpaired) electrons. The second-order valence-corrected chi connectivity index (χ2v) is 7.17. The van der Waals surface area contributed by atoms with Gasteiger partial charge in [-0.15, -0.1) is 0 Å². The molecule has 1 aromatic heterocycles. The van der Waals surface area contributed by atoms with E-state index in [4.69, 9.17) is 10.5 Å². The van der Waals surface area contributed by atoms with Gasteiger partial charge in [0.05, 0.1) is 23.0 Å². The van der Waals surface area contributed by atoms with Crippen molar-refractivity contribution in [2.24, 2.45) is 0 Å². The molecule has 0 unspecified atom stereocenters. The summed E-state index contributed by atoms with van der Waals surface area (Å²) in [5.41, 5.74) is 6.63. The number of hydrogen-bond acceptors (Lipinski definition) is 6. The van der Waals surface area contributed by atoms with Crippen LogP contribution >= 0.6 is 0 Å². The highest BCUT2D eigenvalue weighted by molar-refractivity contribution is 5.97. The average Bonchev–Trinajstić information content (AvgIpc) is 2.55. The maximum atomic E-state index is 13.3. The van der Waals surface area contributed by atoms with Crippen LogP contribution in [0.5, 0.6) is 0 Å². The molecule has 2 heterocycles. The number of aromatic nitrogens is 1. The predicted octanol–water partition coefficient (Wildman–Crippen LogP) is 1.57. The summed E-state index contributed by atoms with van der Waals surface area (Å²) in [5, 5.41) is 5.35. The van der Waals surface area contributed by atoms with Gasteiger partial charge in [-0.25, -0.2) is 14.2 Å². The largest absolute Gasteiger partial charge is 0.444 e. The molecule has 2 amide bonds. The van der Waals surface area contributed by atoms with Gasteiger partial charge in [-0.1, -0.05) is 0 Å². The van der Waals surface area contributed by atoms with E-state index in [1.807, 2.05) is 0 Å². The van der Waals surface area contributed by atoms with Gasteiger partial charge >= 0.3 is 6.09 Å². The highest BCUT2D eigenvalue weighted by atomic mass is 19.1. The fraction of sp³-hybridized carbons (Fsp3) is 0.588. The van der Waals surface area contributed by atoms with E-state index in [1.54, 1.807) is 33.9 Å². The van der Waals surface area contributed by atoms with Gasteiger partial charge in [0.2, 0.25) is 0 Å². The predicted molar refractivity (Wildman–Crippen MR) is 96.9 cm³/mol. The Kier molecular flexibility index (Phi) is 5.89. The third-order valence-electron chi connectivity index (χ3n) is 3.85. The van der Waals surface area contributed by atoms with Crippen LogP contribution in [0, 0.1) is 0 Å². The topological polar surface area (TPSA) is 110 Å². The van der Waals surface area contributed by atoms with Crippen molar-refractivity contribution >= 4 is 23.5 Å². The Hall–Kier alpha value is -2.58. The van der Waals surface area contributed by atoms with E-state index in [2.05, 4.69) is 15.6 Å². The Labute approximate surface area is 152 Å². The molecule has 2 rings (SSSR count). The number of nitrogens with two attached hydrogens (primary N) is 1. The number of carbonyl (C=O) groups is 2. The summed E-state index contributed by atoms with van der Waals surface area (Å²) in [6, 6.07) is 0.728. The molecular formula is C17H26FN5O3. The maximum Gasteiger partial charge on any atom is 0.408 e. The monoisotopic (exact) mass is 367 g/mol. The van der Waals surface area contributed by atoms with Crippen molar-refractivity contribution in [1.82, 2.24) is 15.2 Å². The molecule has 0 saturated carbocycles. The lowest BCUT2D eigenvalue weighted by atomic mass is 10.0. The number of alkyl halides is 1. The minimum absolute atomic E-state index is 0.0434. The molecule has 1 aliphatic rings. The van der Waals surface area contributed by atoms with Gasteiger partial charge in [0, 0.05) is 26.6 Å². The van der Waals surface area contributed by atoms with Gasteiger partial charge < -0.3 is 26.0 Å². The Balaban J connectivity index is 2.07. The number of nitrogens with zero attached hydrogens (tertiary/aromatic N) is 2. The third-order valence-corrected chi connectivity index (χ3v) is 3.85. The van der Waals surface area contributed by atoms with Crippen molar-refractivity contribution in [2.75, 3.05) is 37.9 Å². The first-order valence-corrected chi connectivity index (χ1v) is 8.46. The van der Waals surface area contributed by atoms with Crippen molar-refractivity contribution < 1.29 is 18.7 Å². The Morgan fingerprint density at radius 1 is 1.50 bits per heavy atom. The number of alkyl carbamates (subject to hydrolysis) is 1. The van der Waals surface area contributed by atoms with E-state index in [-0.39, 0.29) is 12.5 Å². The molecular weight excluding hydrogens is 341 g/mol. The summed E-state index contributed by atoms with van der Waals surface area (Å²) in [6.07, 6.45) is -0.184. The smallest absolute Gasteiger partial charge is 0.408 e. The van der Waals surface area contributed by atoms with E-state index in [1.165, 1.54) is 4.90 Å². The summed E-state index contributed by atoms with van der Waals surface area (Å²) in [5.74, 6) is 0.246. The van der Waals surface area contributed by atoms with Crippen LogP contribution in [0.25, 0.3) is 0 Å². The Morgan fingerprint density at radius 3 is 2.77 bits per heavy atom. The number of amides is 2. The molecule has 9 heteroatoms. The van der Waals surface area contributed by atoms with Gasteiger partial charge in [0.15, 0.2) is 0 Å². The standard InChI is InChI=1S/C17H26FN5O3/c1-17(2,3)26-16(25)21-10(8-18)9-23-6-5-13-11(15(23)24)7-12(19)14(20-4)22-13/h7,10H,5-6,8-9,19H2,1-4H3,(H,20,22)(H,21,25)/t10-/m1/s1. The van der Waals surface area contributed by atoms with E-state index in [0.29, 0.717) is 35.7 Å². The van der Waals surface area contributed by atoms with Crippen LogP contribution in [0.4, 0.5) is 20.7 Å². The molecule has 26 heavy (non-hydrogen) atoms. The fourth-order valence-corrected chi connectivity index (χ4v) is 2.70. The quantitative estimate of drug-likeness (QED) is 0.729. The minimum Gasteiger partial charge on any atom is -0.444 e. The second-order valence-electron chi connectivity index (χ2n) is 7.17. The number of ether oxygens (including phenoxy) is 1. The molecule has 1 aromatic rings. The number of nitrogen functional groups attached to an aromatic ring is 1. The van der Waals surface area contributed by atoms with Crippen molar-refractivity contribution in [1.29, 1.82) is 0 Å². The average molecular weight is 367 g/mol. The van der Waals surface area contributed by atoms with Gasteiger partial charge in [-0.05, 0) is 26.8 Å². The first-order valence-electron chi connectivity index (χ1n) is 8.46. The van der Waals surface area contributed by atoms with Crippen molar-refractivity contribution in [2.45, 2.75) is 38.8 Å². The zero-order chi connectivity index (χ0) is 19.5. The normalized spacial score (nSPS) is 15.3. The Bertz CT molecular complexity index is 690. The lowest BCUT2D eigenvalue weighted by molar-refractivity contribution is 0.0465. The Morgan fingerprint density at radius 2 is 2.19 bits per heavy atom. The summed E-state index contributed by atoms with van der Waals surface area (Å²) in [4.78, 5) is 30.4. The first kappa shape index (κ1) is 19.7. The molecule has 0 fully saturated rings. The van der Waals surface area contributed by atoms with Crippen molar-refractivity contribution in [3.8, 4) is 0 Å². The SMILES string of the molecule is CNc1nc2c(cc1N)C(=O)N(C[C@@H](CF)NC(=O)OC(C)(C)C)CC2. The van der Waals surface area contributed by atoms with Gasteiger partial charge in [0.1, 0.15) is 18.1 Å². The van der Waals surface area contributed by atoms with Crippen LogP contribution in [0.15, 0.2) is 6.07 Å². The van der Waals surface area contributed by atoms with Gasteiger partial charge in [-0.3, -0.25) is 4.79 Å². The molecule has 1 atom stereocenters. The zero-order valence-corrected chi connectivity index (χ0v) is 15.6. The number of hydrogen-bond donors (Lipinski definition) is 3. The van der Waals surface area contributed by atoms with E-state index >= 15 is 0 Å². The number of halogens is 1. The van der Waals surface area contributed by atoms with Crippen LogP contribution in [-0.2, 0) is 11.2 Å². The molecule has 0 aliphatic carbocycles. The molecule has 1 aliphatic heterocycles. The van der Waals surface area contributed by atoms with Gasteiger partial charge in [0.25, 0.3) is 5.91 Å². The number of rotatable bonds is 5. The minimum atomic E-state index is -0.850. The fourth-order valence-electron chi connectivity index (χ4n) is 2.70. The van der Waals surface area contributed by atoms with Crippen LogP contribution in [-0.4, -0.2) is 60.3 Å². The summed E-state index contributed by atoms with van der Waals surface area (Å²) >= 11 is 0. The number of anilines is 2. The highest BCUT2D eigenvalue weighted by Gasteiger charge is 2.29. The summed E-state index contributed by atoms with van der Waals surface area (Å²) < 4.78 is 18.5. The molecule has 0 saturated heterocycles. The van der Waals surface area contributed by atoms with E-state index in [0.717, 1.165) is 0 Å².